The van der Waals surface area contributed by atoms with Crippen LogP contribution in [0.25, 0.3) is 0 Å². The lowest BCUT2D eigenvalue weighted by Crippen LogP contribution is -2.70. The van der Waals surface area contributed by atoms with Gasteiger partial charge in [0, 0.05) is 24.0 Å². The fraction of sp³-hybridized carbons (Fsp3) is 0.625. The van der Waals surface area contributed by atoms with Crippen LogP contribution in [0.5, 0.6) is 0 Å². The number of aromatic nitrogens is 4. The molecule has 1 fully saturated rings. The second-order valence-corrected chi connectivity index (χ2v) is 12.9. The van der Waals surface area contributed by atoms with Gasteiger partial charge < -0.3 is 20.5 Å². The van der Waals surface area contributed by atoms with Gasteiger partial charge in [-0.3, -0.25) is 14.5 Å². The largest absolute Gasteiger partial charge is 0.477 e. The first kappa shape index (κ1) is 28.9. The van der Waals surface area contributed by atoms with Gasteiger partial charge in [-0.15, -0.1) is 22.0 Å². The molecule has 2 unspecified atom stereocenters. The number of amides is 3. The molecule has 4 N–H and O–H groups in total. The van der Waals surface area contributed by atoms with E-state index in [4.69, 9.17) is 4.74 Å². The fourth-order valence-electron chi connectivity index (χ4n) is 4.75. The van der Waals surface area contributed by atoms with Crippen LogP contribution in [0.2, 0.25) is 0 Å². The molecule has 15 heteroatoms. The molecule has 1 aliphatic carbocycles. The molecule has 0 bridgehead atoms. The van der Waals surface area contributed by atoms with Crippen molar-refractivity contribution in [2.75, 3.05) is 12.3 Å². The molecular weight excluding hydrogens is 546 g/mol. The number of carboxylic acids is 1. The number of carbonyl (C=O) groups is 4. The van der Waals surface area contributed by atoms with Crippen molar-refractivity contribution in [1.82, 2.24) is 36.2 Å². The van der Waals surface area contributed by atoms with E-state index in [1.807, 2.05) is 6.92 Å². The smallest absolute Gasteiger partial charge is 0.407 e. The number of carboxylic acid groups (broad SMARTS) is 1. The third-order valence-electron chi connectivity index (χ3n) is 6.54. The highest BCUT2D eigenvalue weighted by molar-refractivity contribution is 8.01. The molecular formula is C24H33N7O6S2. The van der Waals surface area contributed by atoms with Gasteiger partial charge in [0.1, 0.15) is 22.7 Å². The molecule has 212 valence electrons. The summed E-state index contributed by atoms with van der Waals surface area (Å²) in [5, 5.41) is 28.8. The Morgan fingerprint density at radius 3 is 2.62 bits per heavy atom. The van der Waals surface area contributed by atoms with Crippen LogP contribution in [0.1, 0.15) is 59.8 Å². The normalized spacial score (nSPS) is 22.2. The Morgan fingerprint density at radius 2 is 1.97 bits per heavy atom. The van der Waals surface area contributed by atoms with E-state index >= 15 is 0 Å². The lowest BCUT2D eigenvalue weighted by molar-refractivity contribution is -0.150. The number of thioether (sulfide) groups is 2. The molecule has 39 heavy (non-hydrogen) atoms. The van der Waals surface area contributed by atoms with Gasteiger partial charge in [0.15, 0.2) is 0 Å². The molecule has 3 aliphatic rings. The molecule has 1 saturated heterocycles. The van der Waals surface area contributed by atoms with Gasteiger partial charge in [0.05, 0.1) is 0 Å². The Morgan fingerprint density at radius 1 is 1.26 bits per heavy atom. The first-order chi connectivity index (χ1) is 18.4. The zero-order valence-corrected chi connectivity index (χ0v) is 23.9. The topological polar surface area (TPSA) is 179 Å². The summed E-state index contributed by atoms with van der Waals surface area (Å²) in [6.45, 7) is 7.52. The second kappa shape index (κ2) is 12.0. The van der Waals surface area contributed by atoms with Crippen molar-refractivity contribution in [3.8, 4) is 0 Å². The first-order valence-corrected chi connectivity index (χ1v) is 14.6. The number of fused-ring (bicyclic) bond motifs is 1. The minimum atomic E-state index is -1.19. The minimum Gasteiger partial charge on any atom is -0.477 e. The van der Waals surface area contributed by atoms with Gasteiger partial charge in [-0.25, -0.2) is 9.59 Å². The highest BCUT2D eigenvalue weighted by atomic mass is 32.2. The van der Waals surface area contributed by atoms with Crippen molar-refractivity contribution in [2.45, 2.75) is 87.2 Å². The molecule has 0 aromatic carbocycles. The van der Waals surface area contributed by atoms with E-state index in [2.05, 4.69) is 31.3 Å². The quantitative estimate of drug-likeness (QED) is 0.191. The van der Waals surface area contributed by atoms with Crippen molar-refractivity contribution in [3.05, 3.63) is 22.4 Å². The van der Waals surface area contributed by atoms with Crippen LogP contribution >= 0.6 is 23.5 Å². The molecule has 0 spiro atoms. The minimum absolute atomic E-state index is 0.0526. The lowest BCUT2D eigenvalue weighted by atomic mass is 9.89. The maximum absolute atomic E-state index is 13.1. The van der Waals surface area contributed by atoms with Crippen LogP contribution in [-0.2, 0) is 19.1 Å². The highest BCUT2D eigenvalue weighted by Gasteiger charge is 2.54. The van der Waals surface area contributed by atoms with Crippen LogP contribution < -0.4 is 10.6 Å². The number of β-lactam (4-membered cyclic amide) rings is 1. The third kappa shape index (κ3) is 6.93. The van der Waals surface area contributed by atoms with Crippen LogP contribution in [0.3, 0.4) is 0 Å². The predicted octanol–water partition coefficient (Wildman–Crippen LogP) is 2.20. The van der Waals surface area contributed by atoms with Gasteiger partial charge in [0.25, 0.3) is 5.91 Å². The van der Waals surface area contributed by atoms with Gasteiger partial charge in [-0.05, 0) is 64.2 Å². The summed E-state index contributed by atoms with van der Waals surface area (Å²) in [4.78, 5) is 51.5. The molecule has 3 atom stereocenters. The maximum atomic E-state index is 13.1. The molecule has 1 aromatic heterocycles. The van der Waals surface area contributed by atoms with Crippen molar-refractivity contribution >= 4 is 47.4 Å². The number of hydrogen-bond acceptors (Lipinski definition) is 10. The zero-order valence-electron chi connectivity index (χ0n) is 22.3. The number of hydrogen-bond donors (Lipinski definition) is 4. The number of aromatic amines is 1. The number of carbonyl (C=O) groups excluding carboxylic acids is 3. The van der Waals surface area contributed by atoms with E-state index in [0.29, 0.717) is 23.0 Å². The van der Waals surface area contributed by atoms with Crippen molar-refractivity contribution in [1.29, 1.82) is 0 Å². The number of rotatable bonds is 9. The summed E-state index contributed by atoms with van der Waals surface area (Å²) in [7, 11) is 0. The van der Waals surface area contributed by atoms with E-state index in [1.54, 1.807) is 20.8 Å². The molecule has 13 nitrogen and oxygen atoms in total. The number of H-pyrrole nitrogens is 1. The number of ether oxygens (including phenoxy) is 1. The zero-order chi connectivity index (χ0) is 28.3. The summed E-state index contributed by atoms with van der Waals surface area (Å²) in [6, 6.07) is -0.800. The van der Waals surface area contributed by atoms with Crippen LogP contribution in [0.15, 0.2) is 27.6 Å². The Hall–Kier alpha value is -3.07. The first-order valence-electron chi connectivity index (χ1n) is 12.7. The Balaban J connectivity index is 1.39. The molecule has 1 aromatic rings. The molecule has 0 radical (unpaired) electrons. The lowest BCUT2D eigenvalue weighted by Gasteiger charge is -2.50. The van der Waals surface area contributed by atoms with Crippen LogP contribution in [0, 0.1) is 0 Å². The molecule has 3 heterocycles. The number of nitrogens with zero attached hydrogens (tertiary/aromatic N) is 4. The average Bonchev–Trinajstić information content (AvgIpc) is 3.37. The maximum Gasteiger partial charge on any atom is 0.407 e. The number of aliphatic carboxylic acids is 1. The second-order valence-electron chi connectivity index (χ2n) is 10.5. The van der Waals surface area contributed by atoms with E-state index in [-0.39, 0.29) is 23.3 Å². The van der Waals surface area contributed by atoms with Gasteiger partial charge in [-0.1, -0.05) is 22.9 Å². The Labute approximate surface area is 234 Å². The summed E-state index contributed by atoms with van der Waals surface area (Å²) >= 11 is 2.67. The van der Waals surface area contributed by atoms with Gasteiger partial charge >= 0.3 is 12.1 Å². The highest BCUT2D eigenvalue weighted by Crippen LogP contribution is 2.43. The van der Waals surface area contributed by atoms with E-state index in [1.165, 1.54) is 28.4 Å². The van der Waals surface area contributed by atoms with Crippen molar-refractivity contribution < 1.29 is 29.0 Å². The molecule has 3 amide bonds. The number of alkyl carbamates (subject to hydrolysis) is 1. The third-order valence-corrected chi connectivity index (χ3v) is 8.87. The number of nitrogens with one attached hydrogen (secondary N) is 3. The Bertz CT molecular complexity index is 1190. The van der Waals surface area contributed by atoms with E-state index in [0.717, 1.165) is 36.8 Å². The molecule has 0 saturated carbocycles. The average molecular weight is 580 g/mol. The van der Waals surface area contributed by atoms with E-state index in [9.17, 15) is 24.3 Å². The van der Waals surface area contributed by atoms with Gasteiger partial charge in [0.2, 0.25) is 11.1 Å². The summed E-state index contributed by atoms with van der Waals surface area (Å²) in [5.41, 5.74) is 1.89. The SMILES string of the molecule is CC(Sc1nn[nH]n1)C1=C(C(=O)O)N2C(=O)C(NC(=O)CC3=C(CNC(=O)OC(C)(C)C)CCCC3)[C@H]2SC1. The monoisotopic (exact) mass is 579 g/mol. The predicted molar refractivity (Wildman–Crippen MR) is 144 cm³/mol. The Kier molecular flexibility index (Phi) is 8.89. The molecule has 4 rings (SSSR count). The van der Waals surface area contributed by atoms with Crippen molar-refractivity contribution in [3.63, 3.8) is 0 Å². The van der Waals surface area contributed by atoms with E-state index < -0.39 is 35.0 Å². The summed E-state index contributed by atoms with van der Waals surface area (Å²) in [6.07, 6.45) is 3.06. The van der Waals surface area contributed by atoms with Crippen LogP contribution in [0.4, 0.5) is 4.79 Å². The molecule has 2 aliphatic heterocycles. The summed E-state index contributed by atoms with van der Waals surface area (Å²) < 4.78 is 5.30. The fourth-order valence-corrected chi connectivity index (χ4v) is 7.17. The van der Waals surface area contributed by atoms with Crippen molar-refractivity contribution in [2.24, 2.45) is 0 Å². The summed E-state index contributed by atoms with van der Waals surface area (Å²) in [5.74, 6) is -1.55. The standard InChI is InChI=1S/C24H33N7O6S2/c1-12(39-22-27-29-30-28-22)15-11-38-20-17(19(33)31(20)18(15)21(34)35)26-16(32)9-13-7-5-6-8-14(13)10-25-23(36)37-24(2,3)4/h12,17,20H,5-11H2,1-4H3,(H,25,36)(H,26,32)(H,34,35)(H,27,28,29,30)/t12?,17?,20-/m1/s1. The number of tetrazole rings is 1. The van der Waals surface area contributed by atoms with Crippen LogP contribution in [-0.4, -0.2) is 89.1 Å². The van der Waals surface area contributed by atoms with Gasteiger partial charge in [-0.2, -0.15) is 5.21 Å².